The van der Waals surface area contributed by atoms with E-state index in [0.29, 0.717) is 12.0 Å². The van der Waals surface area contributed by atoms with Crippen molar-refractivity contribution in [3.05, 3.63) is 58.4 Å². The van der Waals surface area contributed by atoms with Crippen molar-refractivity contribution in [2.24, 2.45) is 5.92 Å². The first kappa shape index (κ1) is 34.3. The van der Waals surface area contributed by atoms with Gasteiger partial charge >= 0.3 is 6.09 Å². The fourth-order valence-electron chi connectivity index (χ4n) is 6.43. The molecule has 1 saturated carbocycles. The Labute approximate surface area is 268 Å². The van der Waals surface area contributed by atoms with Crippen molar-refractivity contribution in [2.45, 2.75) is 84.3 Å². The number of benzene rings is 2. The van der Waals surface area contributed by atoms with Gasteiger partial charge in [-0.25, -0.2) is 14.8 Å². The minimum Gasteiger partial charge on any atom is -0.444 e. The molecule has 1 N–H and O–H groups in total. The van der Waals surface area contributed by atoms with E-state index >= 15 is 0 Å². The highest BCUT2D eigenvalue weighted by Gasteiger charge is 2.52. The van der Waals surface area contributed by atoms with Crippen molar-refractivity contribution in [2.75, 3.05) is 31.1 Å². The van der Waals surface area contributed by atoms with Gasteiger partial charge in [0.25, 0.3) is 5.56 Å². The first-order chi connectivity index (χ1) is 20.8. The number of piperidine rings is 1. The molecule has 2 fully saturated rings. The summed E-state index contributed by atoms with van der Waals surface area (Å²) < 4.78 is 13.3. The highest BCUT2D eigenvalue weighted by molar-refractivity contribution is 8.32. The molecule has 2 aromatic carbocycles. The lowest BCUT2D eigenvalue weighted by Gasteiger charge is -2.35. The lowest BCUT2D eigenvalue weighted by molar-refractivity contribution is -0.128. The highest BCUT2D eigenvalue weighted by atomic mass is 32.3. The lowest BCUT2D eigenvalue weighted by atomic mass is 9.97. The van der Waals surface area contributed by atoms with E-state index in [4.69, 9.17) is 9.47 Å². The zero-order chi connectivity index (χ0) is 31.8. The molecule has 1 aliphatic carbocycles. The van der Waals surface area contributed by atoms with Crippen LogP contribution in [0.4, 0.5) is 4.79 Å². The second kappa shape index (κ2) is 13.4. The predicted molar refractivity (Wildman–Crippen MR) is 183 cm³/mol. The maximum Gasteiger partial charge on any atom is 0.411 e. The molecule has 4 unspecified atom stereocenters. The number of pyridine rings is 1. The van der Waals surface area contributed by atoms with Crippen LogP contribution in [0.1, 0.15) is 53.0 Å². The van der Waals surface area contributed by atoms with Crippen molar-refractivity contribution in [3.63, 3.8) is 0 Å². The molecule has 9 nitrogen and oxygen atoms in total. The Morgan fingerprint density at radius 2 is 1.80 bits per heavy atom. The van der Waals surface area contributed by atoms with Gasteiger partial charge in [0.2, 0.25) is 5.91 Å². The Kier molecular flexibility index (Phi) is 10.2. The van der Waals surface area contributed by atoms with E-state index in [1.54, 1.807) is 9.47 Å². The monoisotopic (exact) mass is 636 g/mol. The van der Waals surface area contributed by atoms with Crippen molar-refractivity contribution < 1.29 is 19.1 Å². The number of nitrogens with zero attached hydrogens (tertiary/aromatic N) is 3. The number of aromatic nitrogens is 1. The molecule has 0 radical (unpaired) electrons. The fraction of sp³-hybridized carbons (Fsp3) is 0.543. The van der Waals surface area contributed by atoms with E-state index in [1.807, 2.05) is 63.2 Å². The molecule has 10 heteroatoms. The Morgan fingerprint density at radius 1 is 1.09 bits per heavy atom. The van der Waals surface area contributed by atoms with Crippen LogP contribution in [0, 0.1) is 17.2 Å². The van der Waals surface area contributed by atoms with E-state index in [9.17, 15) is 19.6 Å². The van der Waals surface area contributed by atoms with Crippen LogP contribution in [0.15, 0.2) is 47.3 Å². The van der Waals surface area contributed by atoms with E-state index in [1.165, 1.54) is 0 Å². The molecule has 244 valence electrons. The smallest absolute Gasteiger partial charge is 0.411 e. The van der Waals surface area contributed by atoms with Gasteiger partial charge in [-0.2, -0.15) is 5.26 Å². The standard InChI is InChI=1S/C34H44N4O5S.CH4/c1-34(2,3)43-33(41)38-25-13-12-23(19-25)30(38)31(39)36-24(20-35)17-22-11-14-27-26-9-7-8-10-28(26)32(40)37(29(27)18-22)21-42-15-16-44(4,5)6;/h7-11,14,18,23-25,30H,12-13,15-17,19,21H2,1-6H3,(H,36,39);1H4. The Balaban J connectivity index is 0.00000461. The summed E-state index contributed by atoms with van der Waals surface area (Å²) in [6, 6.07) is 14.1. The molecule has 2 aliphatic rings. The largest absolute Gasteiger partial charge is 0.444 e. The van der Waals surface area contributed by atoms with Crippen molar-refractivity contribution in [1.82, 2.24) is 14.8 Å². The molecule has 2 amide bonds. The van der Waals surface area contributed by atoms with Crippen LogP contribution in [0.2, 0.25) is 0 Å². The average molecular weight is 637 g/mol. The highest BCUT2D eigenvalue weighted by Crippen LogP contribution is 2.43. The van der Waals surface area contributed by atoms with Crippen molar-refractivity contribution >= 4 is 43.7 Å². The van der Waals surface area contributed by atoms with Crippen molar-refractivity contribution in [3.8, 4) is 6.07 Å². The lowest BCUT2D eigenvalue weighted by Crippen LogP contribution is -2.55. The molecular weight excluding hydrogens is 588 g/mol. The van der Waals surface area contributed by atoms with Crippen LogP contribution < -0.4 is 10.9 Å². The zero-order valence-corrected chi connectivity index (χ0v) is 27.4. The van der Waals surface area contributed by atoms with Gasteiger partial charge in [0.05, 0.1) is 18.2 Å². The molecule has 45 heavy (non-hydrogen) atoms. The summed E-state index contributed by atoms with van der Waals surface area (Å²) in [6.07, 6.45) is 8.96. The summed E-state index contributed by atoms with van der Waals surface area (Å²) in [4.78, 5) is 41.8. The topological polar surface area (TPSA) is 114 Å². The van der Waals surface area contributed by atoms with Gasteiger partial charge < -0.3 is 14.8 Å². The molecule has 2 bridgehead atoms. The van der Waals surface area contributed by atoms with Gasteiger partial charge in [0.15, 0.2) is 0 Å². The van der Waals surface area contributed by atoms with Crippen LogP contribution in [0.3, 0.4) is 0 Å². The third-order valence-electron chi connectivity index (χ3n) is 8.48. The maximum atomic E-state index is 13.6. The Morgan fingerprint density at radius 3 is 2.47 bits per heavy atom. The van der Waals surface area contributed by atoms with Crippen molar-refractivity contribution in [1.29, 1.82) is 5.26 Å². The second-order valence-electron chi connectivity index (χ2n) is 13.9. The van der Waals surface area contributed by atoms with E-state index in [0.717, 1.165) is 46.9 Å². The van der Waals surface area contributed by atoms with E-state index < -0.39 is 33.8 Å². The number of rotatable bonds is 9. The van der Waals surface area contributed by atoms with Gasteiger partial charge in [-0.15, -0.1) is 0 Å². The van der Waals surface area contributed by atoms with Crippen LogP contribution in [0.5, 0.6) is 0 Å². The van der Waals surface area contributed by atoms with Gasteiger partial charge in [-0.3, -0.25) is 19.1 Å². The third-order valence-corrected chi connectivity index (χ3v) is 9.87. The Bertz CT molecular complexity index is 1670. The van der Waals surface area contributed by atoms with E-state index in [2.05, 4.69) is 30.2 Å². The average Bonchev–Trinajstić information content (AvgIpc) is 3.57. The third kappa shape index (κ3) is 7.64. The number of carbonyl (C=O) groups excluding carboxylic acids is 2. The molecule has 1 aliphatic heterocycles. The predicted octanol–water partition coefficient (Wildman–Crippen LogP) is 5.80. The van der Waals surface area contributed by atoms with Gasteiger partial charge in [-0.05, 0) is 87.8 Å². The normalized spacial score (nSPS) is 20.5. The number of hydrogen-bond acceptors (Lipinski definition) is 6. The number of amides is 2. The molecule has 2 heterocycles. The van der Waals surface area contributed by atoms with Gasteiger partial charge in [0, 0.05) is 29.0 Å². The van der Waals surface area contributed by atoms with Crippen LogP contribution in [-0.2, 0) is 27.4 Å². The SMILES string of the molecule is C.CC(C)(C)OC(=O)N1C2CCC(C2)C1C(=O)NC(C#N)Cc1ccc2c3ccccc3c(=O)n(COCCS(C)(C)C)c2c1. The number of likely N-dealkylation sites (tertiary alicyclic amines) is 1. The minimum atomic E-state index is -0.814. The fourth-order valence-corrected chi connectivity index (χ4v) is 7.05. The summed E-state index contributed by atoms with van der Waals surface area (Å²) in [5.74, 6) is 0.665. The number of carbonyl (C=O) groups is 2. The second-order valence-corrected chi connectivity index (χ2v) is 18.5. The Hall–Kier alpha value is -3.55. The zero-order valence-electron chi connectivity index (χ0n) is 26.6. The molecule has 1 saturated heterocycles. The molecule has 5 rings (SSSR count). The molecule has 0 spiro atoms. The summed E-state index contributed by atoms with van der Waals surface area (Å²) in [5, 5.41) is 15.4. The van der Waals surface area contributed by atoms with Gasteiger partial charge in [0.1, 0.15) is 24.4 Å². The number of ether oxygens (including phenoxy) is 2. The number of hydrogen-bond donors (Lipinski definition) is 1. The molecule has 4 atom stereocenters. The van der Waals surface area contributed by atoms with Gasteiger partial charge in [-0.1, -0.05) is 37.8 Å². The maximum absolute atomic E-state index is 13.6. The first-order valence-electron chi connectivity index (χ1n) is 15.2. The first-order valence-corrected chi connectivity index (χ1v) is 18.3. The summed E-state index contributed by atoms with van der Waals surface area (Å²) in [5.41, 5.74) is 0.734. The van der Waals surface area contributed by atoms with Crippen LogP contribution in [0.25, 0.3) is 21.7 Å². The molecular formula is C35H48N4O5S. The number of nitrogens with one attached hydrogen (secondary N) is 1. The molecule has 3 aromatic rings. The minimum absolute atomic E-state index is 0. The van der Waals surface area contributed by atoms with Crippen LogP contribution >= 0.6 is 10.0 Å². The summed E-state index contributed by atoms with van der Waals surface area (Å²) in [6.45, 7) is 6.12. The number of fused-ring (bicyclic) bond motifs is 5. The summed E-state index contributed by atoms with van der Waals surface area (Å²) in [7, 11) is -0.731. The quantitative estimate of drug-likeness (QED) is 0.235. The van der Waals surface area contributed by atoms with Crippen LogP contribution in [-0.4, -0.2) is 76.3 Å². The summed E-state index contributed by atoms with van der Waals surface area (Å²) >= 11 is 0. The van der Waals surface area contributed by atoms with E-state index in [-0.39, 0.29) is 44.0 Å². The molecule has 1 aromatic heterocycles. The number of nitriles is 1.